The highest BCUT2D eigenvalue weighted by Crippen LogP contribution is 2.56. The summed E-state index contributed by atoms with van der Waals surface area (Å²) in [5, 5.41) is 7.46. The highest BCUT2D eigenvalue weighted by molar-refractivity contribution is 7.00. The molecule has 19 rings (SSSR count). The van der Waals surface area contributed by atoms with Crippen LogP contribution in [0.15, 0.2) is 279 Å². The van der Waals surface area contributed by atoms with Crippen molar-refractivity contribution >= 4 is 107 Å². The Morgan fingerprint density at radius 1 is 0.357 bits per heavy atom. The van der Waals surface area contributed by atoms with E-state index < -0.39 is 0 Å². The third-order valence-corrected chi connectivity index (χ3v) is 22.0. The lowest BCUT2D eigenvalue weighted by Gasteiger charge is -2.46. The van der Waals surface area contributed by atoms with E-state index >= 15 is 0 Å². The fraction of sp³-hybridized carbons (Fsp3) is 0.151. The van der Waals surface area contributed by atoms with Crippen LogP contribution < -0.4 is 36.6 Å². The second-order valence-corrected chi connectivity index (χ2v) is 29.9. The van der Waals surface area contributed by atoms with Crippen molar-refractivity contribution in [3.8, 4) is 55.9 Å². The topological polar surface area (TPSA) is 16.3 Å². The molecule has 1 saturated carbocycles. The Labute approximate surface area is 574 Å². The quantitative estimate of drug-likeness (QED) is 0.134. The van der Waals surface area contributed by atoms with Gasteiger partial charge < -0.3 is 18.9 Å². The van der Waals surface area contributed by atoms with Crippen molar-refractivity contribution in [1.82, 2.24) is 9.13 Å². The van der Waals surface area contributed by atoms with Gasteiger partial charge in [-0.25, -0.2) is 0 Å². The summed E-state index contributed by atoms with van der Waals surface area (Å²) in [6, 6.07) is 107. The van der Waals surface area contributed by atoms with Gasteiger partial charge in [-0.05, 0) is 176 Å². The van der Waals surface area contributed by atoms with Gasteiger partial charge in [0.2, 0.25) is 0 Å². The average molecular weight is 1260 g/mol. The van der Waals surface area contributed by atoms with Gasteiger partial charge in [0.05, 0.1) is 33.4 Å². The Morgan fingerprint density at radius 3 is 1.17 bits per heavy atom. The first kappa shape index (κ1) is 58.3. The average Bonchev–Trinajstić information content (AvgIpc) is 0.839. The molecule has 15 aromatic rings. The SMILES string of the molecule is CC(C)(C)c1cc(-c2ccccc2)c(N2c3cc(-n4c5ccccc5c5ccccc54)ccc3B3c4ccc(-n5c6ccccc6c6c7c(ccc65)=C=7)cc4N(c4c(-c5ccccc5)cc(C(C)(C)C)cc4-c4ccccc4)c4cc(C5CCCCC5)cc2c43)c(-c2ccccc2)c1. The van der Waals surface area contributed by atoms with Crippen LogP contribution in [0.25, 0.3) is 105 Å². The van der Waals surface area contributed by atoms with Crippen LogP contribution in [0, 0.1) is 0 Å². The number of rotatable bonds is 9. The molecule has 0 spiro atoms. The van der Waals surface area contributed by atoms with Crippen molar-refractivity contribution in [2.45, 2.75) is 90.4 Å². The van der Waals surface area contributed by atoms with Gasteiger partial charge in [0.15, 0.2) is 0 Å². The Balaban J connectivity index is 1.00. The molecule has 470 valence electrons. The Bertz CT molecular complexity index is 5740. The zero-order chi connectivity index (χ0) is 65.7. The normalized spacial score (nSPS) is 14.1. The lowest BCUT2D eigenvalue weighted by molar-refractivity contribution is 0.444. The summed E-state index contributed by atoms with van der Waals surface area (Å²) < 4.78 is 5.06. The van der Waals surface area contributed by atoms with Gasteiger partial charge in [0.25, 0.3) is 6.71 Å². The maximum Gasteiger partial charge on any atom is 0.252 e. The fourth-order valence-corrected chi connectivity index (χ4v) is 17.1. The maximum absolute atomic E-state index is 3.66. The van der Waals surface area contributed by atoms with Crippen molar-refractivity contribution in [3.63, 3.8) is 0 Å². The molecular weight excluding hydrogens is 1180 g/mol. The van der Waals surface area contributed by atoms with Crippen molar-refractivity contribution in [3.05, 3.63) is 306 Å². The highest BCUT2D eigenvalue weighted by atomic mass is 15.2. The van der Waals surface area contributed by atoms with Gasteiger partial charge in [0.1, 0.15) is 0 Å². The summed E-state index contributed by atoms with van der Waals surface area (Å²) in [6.07, 6.45) is 5.94. The van der Waals surface area contributed by atoms with E-state index in [9.17, 15) is 0 Å². The minimum absolute atomic E-state index is 0.170. The molecule has 0 saturated heterocycles. The van der Waals surface area contributed by atoms with Gasteiger partial charge in [-0.2, -0.15) is 0 Å². The smallest absolute Gasteiger partial charge is 0.252 e. The Morgan fingerprint density at radius 2 is 0.745 bits per heavy atom. The molecule has 2 aromatic heterocycles. The second-order valence-electron chi connectivity index (χ2n) is 29.9. The summed E-state index contributed by atoms with van der Waals surface area (Å²) in [4.78, 5) is 5.56. The van der Waals surface area contributed by atoms with Crippen LogP contribution in [0.5, 0.6) is 0 Å². The van der Waals surface area contributed by atoms with E-state index in [-0.39, 0.29) is 17.5 Å². The van der Waals surface area contributed by atoms with Crippen LogP contribution >= 0.6 is 0 Å². The van der Waals surface area contributed by atoms with E-state index in [1.165, 1.54) is 185 Å². The number of hydrogen-bond donors (Lipinski definition) is 0. The zero-order valence-electron chi connectivity index (χ0n) is 56.5. The number of benzene rings is 13. The predicted molar refractivity (Wildman–Crippen MR) is 416 cm³/mol. The molecule has 2 aliphatic heterocycles. The largest absolute Gasteiger partial charge is 0.310 e. The highest BCUT2D eigenvalue weighted by Gasteiger charge is 2.46. The molecule has 1 fully saturated rings. The van der Waals surface area contributed by atoms with Crippen molar-refractivity contribution in [1.29, 1.82) is 0 Å². The number of para-hydroxylation sites is 3. The lowest BCUT2D eigenvalue weighted by Crippen LogP contribution is -2.61. The molecule has 5 heteroatoms. The van der Waals surface area contributed by atoms with Gasteiger partial charge >= 0.3 is 0 Å². The lowest BCUT2D eigenvalue weighted by atomic mass is 9.33. The summed E-state index contributed by atoms with van der Waals surface area (Å²) in [6.45, 7) is 14.0. The Kier molecular flexibility index (Phi) is 13.2. The van der Waals surface area contributed by atoms with Gasteiger partial charge in [-0.15, -0.1) is 5.73 Å². The number of nitrogens with zero attached hydrogens (tertiary/aromatic N) is 4. The molecule has 0 radical (unpaired) electrons. The number of aromatic nitrogens is 2. The number of fused-ring (bicyclic) bond motifs is 12. The number of anilines is 6. The molecule has 0 bridgehead atoms. The molecule has 4 nitrogen and oxygen atoms in total. The first-order valence-corrected chi connectivity index (χ1v) is 35.4. The van der Waals surface area contributed by atoms with Crippen LogP contribution in [0.3, 0.4) is 0 Å². The zero-order valence-corrected chi connectivity index (χ0v) is 56.5. The second kappa shape index (κ2) is 22.2. The molecule has 4 heterocycles. The van der Waals surface area contributed by atoms with E-state index in [0.29, 0.717) is 5.92 Å². The minimum Gasteiger partial charge on any atom is -0.310 e. The molecule has 4 aliphatic rings. The Hall–Kier alpha value is -11.1. The monoisotopic (exact) mass is 1260 g/mol. The van der Waals surface area contributed by atoms with Crippen LogP contribution in [0.2, 0.25) is 0 Å². The van der Waals surface area contributed by atoms with Crippen molar-refractivity contribution in [2.75, 3.05) is 9.80 Å². The summed E-state index contributed by atoms with van der Waals surface area (Å²) in [5.41, 5.74) is 34.8. The van der Waals surface area contributed by atoms with Crippen LogP contribution in [-0.2, 0) is 10.8 Å². The van der Waals surface area contributed by atoms with E-state index in [1.807, 2.05) is 0 Å². The summed E-state index contributed by atoms with van der Waals surface area (Å²) in [7, 11) is 0. The summed E-state index contributed by atoms with van der Waals surface area (Å²) >= 11 is 0. The molecule has 98 heavy (non-hydrogen) atoms. The third kappa shape index (κ3) is 9.20. The van der Waals surface area contributed by atoms with Crippen molar-refractivity contribution < 1.29 is 0 Å². The molecule has 0 N–H and O–H groups in total. The first-order valence-electron chi connectivity index (χ1n) is 35.4. The maximum atomic E-state index is 3.66. The number of hydrogen-bond acceptors (Lipinski definition) is 2. The van der Waals surface area contributed by atoms with Crippen LogP contribution in [0.4, 0.5) is 34.1 Å². The standard InChI is InChI=1S/C93H75BN4/c1-92(2,3)66-53-74(60-30-14-8-15-31-60)90(75(54-66)61-32-16-9-17-33-61)97-84-57-68(95-80-41-25-22-38-70(80)71-39-23-26-42-81(71)95)45-47-78(84)94-79-48-46-69(96-82-43-27-24-40-72(82)88-73-50-64(73)44-49-83(88)96)58-85(79)98(87-52-65(51-86(97)89(87)94)59-28-12-7-13-29-59)91-76(62-34-18-10-19-35-62)55-67(93(4,5)6)56-77(91)63-36-20-11-21-37-63/h8-11,14-27,30-49,51-59H,7,12-13,28-29H2,1-6H3. The van der Waals surface area contributed by atoms with E-state index in [2.05, 4.69) is 345 Å². The van der Waals surface area contributed by atoms with Gasteiger partial charge in [-0.3, -0.25) is 0 Å². The van der Waals surface area contributed by atoms with E-state index in [4.69, 9.17) is 0 Å². The molecule has 2 aliphatic carbocycles. The van der Waals surface area contributed by atoms with Crippen LogP contribution in [0.1, 0.15) is 96.3 Å². The van der Waals surface area contributed by atoms with E-state index in [1.54, 1.807) is 0 Å². The minimum atomic E-state index is -0.193. The summed E-state index contributed by atoms with van der Waals surface area (Å²) in [5.74, 6) is 0.348. The van der Waals surface area contributed by atoms with Crippen LogP contribution in [-0.4, -0.2) is 15.8 Å². The molecule has 0 amide bonds. The molecular formula is C93H75BN4. The first-order chi connectivity index (χ1) is 47.9. The molecule has 0 unspecified atom stereocenters. The fourth-order valence-electron chi connectivity index (χ4n) is 17.1. The predicted octanol–water partition coefficient (Wildman–Crippen LogP) is 21.3. The molecule has 0 atom stereocenters. The molecule has 13 aromatic carbocycles. The van der Waals surface area contributed by atoms with E-state index in [0.717, 1.165) is 24.2 Å². The van der Waals surface area contributed by atoms with Crippen molar-refractivity contribution in [2.24, 2.45) is 0 Å². The third-order valence-electron chi connectivity index (χ3n) is 22.0. The van der Waals surface area contributed by atoms with Gasteiger partial charge in [-0.1, -0.05) is 249 Å². The van der Waals surface area contributed by atoms with Gasteiger partial charge in [0, 0.05) is 88.4 Å².